The second-order valence-electron chi connectivity index (χ2n) is 9.81. The molecule has 2 N–H and O–H groups in total. The molecular weight excluding hydrogens is 592 g/mol. The van der Waals surface area contributed by atoms with Crippen molar-refractivity contribution < 1.29 is 22.0 Å². The molecule has 0 aliphatic rings. The van der Waals surface area contributed by atoms with E-state index in [1.807, 2.05) is 17.7 Å². The van der Waals surface area contributed by atoms with Crippen molar-refractivity contribution in [2.45, 2.75) is 26.4 Å². The summed E-state index contributed by atoms with van der Waals surface area (Å²) in [6.45, 7) is 0.814. The number of alkyl halides is 2. The van der Waals surface area contributed by atoms with Crippen LogP contribution in [0.25, 0.3) is 33.2 Å². The van der Waals surface area contributed by atoms with Crippen molar-refractivity contribution in [1.82, 2.24) is 29.0 Å². The van der Waals surface area contributed by atoms with E-state index in [2.05, 4.69) is 15.4 Å². The molecule has 15 heteroatoms. The lowest BCUT2D eigenvalue weighted by atomic mass is 10.0. The summed E-state index contributed by atoms with van der Waals surface area (Å²) in [5.74, 6) is -0.665. The molecule has 0 aliphatic heterocycles. The molecule has 0 spiro atoms. The van der Waals surface area contributed by atoms with Gasteiger partial charge >= 0.3 is 6.55 Å². The summed E-state index contributed by atoms with van der Waals surface area (Å²) in [6, 6.07) is 10.8. The van der Waals surface area contributed by atoms with Gasteiger partial charge in [0.2, 0.25) is 10.0 Å². The molecule has 5 aromatic rings. The molecular formula is C27H24ClF2N7O4S. The number of carbonyl (C=O) groups excluding carboxylic acids is 1. The highest BCUT2D eigenvalue weighted by Crippen LogP contribution is 2.30. The topological polar surface area (TPSA) is 141 Å². The highest BCUT2D eigenvalue weighted by atomic mass is 35.5. The molecule has 11 nitrogen and oxygen atoms in total. The SMILES string of the molecule is Cc1cc([C@@H](C)Nc2ccc(Cl)nc2C(=O)NS(C)(=O)=O)c2nc(-c3ccc4nn(C(F)F)cc4c3)n(C)c(=O)c2c1. The Hall–Kier alpha value is -4.43. The third kappa shape index (κ3) is 5.67. The van der Waals surface area contributed by atoms with Gasteiger partial charge in [0, 0.05) is 29.8 Å². The van der Waals surface area contributed by atoms with Gasteiger partial charge in [0.1, 0.15) is 11.0 Å². The van der Waals surface area contributed by atoms with Crippen molar-refractivity contribution in [1.29, 1.82) is 0 Å². The highest BCUT2D eigenvalue weighted by molar-refractivity contribution is 7.89. The van der Waals surface area contributed by atoms with Gasteiger partial charge in [-0.2, -0.15) is 13.9 Å². The summed E-state index contributed by atoms with van der Waals surface area (Å²) in [7, 11) is -2.30. The van der Waals surface area contributed by atoms with Gasteiger partial charge in [-0.1, -0.05) is 17.7 Å². The van der Waals surface area contributed by atoms with Crippen molar-refractivity contribution in [2.75, 3.05) is 11.6 Å². The van der Waals surface area contributed by atoms with Crippen molar-refractivity contribution in [3.63, 3.8) is 0 Å². The first-order valence-corrected chi connectivity index (χ1v) is 14.7. The van der Waals surface area contributed by atoms with Crippen LogP contribution in [0.15, 0.2) is 53.5 Å². The molecule has 42 heavy (non-hydrogen) atoms. The lowest BCUT2D eigenvalue weighted by molar-refractivity contribution is 0.0573. The Kier molecular flexibility index (Phi) is 7.45. The summed E-state index contributed by atoms with van der Waals surface area (Å²) >= 11 is 5.99. The fraction of sp³-hybridized carbons (Fsp3) is 0.222. The molecule has 1 atom stereocenters. The van der Waals surface area contributed by atoms with Crippen LogP contribution in [0.2, 0.25) is 5.15 Å². The van der Waals surface area contributed by atoms with Gasteiger partial charge in [-0.3, -0.25) is 14.2 Å². The van der Waals surface area contributed by atoms with Crippen LogP contribution in [-0.2, 0) is 17.1 Å². The average molecular weight is 616 g/mol. The summed E-state index contributed by atoms with van der Waals surface area (Å²) in [4.78, 5) is 35.0. The number of nitrogens with one attached hydrogen (secondary N) is 2. The van der Waals surface area contributed by atoms with Crippen LogP contribution in [-0.4, -0.2) is 44.9 Å². The largest absolute Gasteiger partial charge is 0.377 e. The van der Waals surface area contributed by atoms with Crippen molar-refractivity contribution >= 4 is 55.0 Å². The van der Waals surface area contributed by atoms with Crippen molar-refractivity contribution in [2.24, 2.45) is 7.05 Å². The zero-order valence-electron chi connectivity index (χ0n) is 22.7. The Morgan fingerprint density at radius 3 is 2.52 bits per heavy atom. The average Bonchev–Trinajstić information content (AvgIpc) is 3.34. The molecule has 1 amide bonds. The summed E-state index contributed by atoms with van der Waals surface area (Å²) < 4.78 is 53.5. The molecule has 0 bridgehead atoms. The minimum atomic E-state index is -3.87. The summed E-state index contributed by atoms with van der Waals surface area (Å²) in [5, 5.41) is 7.81. The number of amides is 1. The molecule has 0 aliphatic carbocycles. The van der Waals surface area contributed by atoms with E-state index < -0.39 is 28.5 Å². The van der Waals surface area contributed by atoms with Crippen LogP contribution in [0.3, 0.4) is 0 Å². The maximum atomic E-state index is 13.5. The van der Waals surface area contributed by atoms with Crippen LogP contribution in [0.1, 0.15) is 41.1 Å². The smallest absolute Gasteiger partial charge is 0.333 e. The first-order valence-electron chi connectivity index (χ1n) is 12.5. The minimum Gasteiger partial charge on any atom is -0.377 e. The van der Waals surface area contributed by atoms with Gasteiger partial charge in [0.15, 0.2) is 5.69 Å². The number of sulfonamides is 1. The summed E-state index contributed by atoms with van der Waals surface area (Å²) in [5.41, 5.74) is 2.30. The number of carbonyl (C=O) groups is 1. The molecule has 0 fully saturated rings. The fourth-order valence-corrected chi connectivity index (χ4v) is 5.26. The third-order valence-corrected chi connectivity index (χ3v) is 7.29. The molecule has 0 radical (unpaired) electrons. The minimum absolute atomic E-state index is 0.0151. The lowest BCUT2D eigenvalue weighted by Crippen LogP contribution is -2.31. The van der Waals surface area contributed by atoms with Crippen LogP contribution in [0.4, 0.5) is 14.5 Å². The van der Waals surface area contributed by atoms with Crippen LogP contribution < -0.4 is 15.6 Å². The van der Waals surface area contributed by atoms with Crippen LogP contribution >= 0.6 is 11.6 Å². The molecule has 3 heterocycles. The zero-order chi connectivity index (χ0) is 30.5. The maximum Gasteiger partial charge on any atom is 0.333 e. The Morgan fingerprint density at radius 2 is 1.83 bits per heavy atom. The van der Waals surface area contributed by atoms with E-state index in [0.29, 0.717) is 43.4 Å². The number of fused-ring (bicyclic) bond motifs is 2. The van der Waals surface area contributed by atoms with Gasteiger partial charge in [-0.15, -0.1) is 0 Å². The van der Waals surface area contributed by atoms with Gasteiger partial charge in [-0.05, 0) is 55.8 Å². The zero-order valence-corrected chi connectivity index (χ0v) is 24.3. The predicted molar refractivity (Wildman–Crippen MR) is 155 cm³/mol. The molecule has 0 saturated carbocycles. The van der Waals surface area contributed by atoms with E-state index in [4.69, 9.17) is 16.6 Å². The molecule has 0 saturated heterocycles. The van der Waals surface area contributed by atoms with E-state index in [9.17, 15) is 26.8 Å². The van der Waals surface area contributed by atoms with E-state index in [1.54, 1.807) is 38.2 Å². The second-order valence-corrected chi connectivity index (χ2v) is 11.9. The number of rotatable bonds is 7. The number of halogens is 3. The monoisotopic (exact) mass is 615 g/mol. The van der Waals surface area contributed by atoms with Crippen LogP contribution in [0, 0.1) is 6.92 Å². The van der Waals surface area contributed by atoms with E-state index in [-0.39, 0.29) is 22.1 Å². The van der Waals surface area contributed by atoms with E-state index >= 15 is 0 Å². The van der Waals surface area contributed by atoms with Crippen molar-refractivity contribution in [3.8, 4) is 11.4 Å². The highest BCUT2D eigenvalue weighted by Gasteiger charge is 2.22. The normalized spacial score (nSPS) is 12.7. The van der Waals surface area contributed by atoms with Gasteiger partial charge in [0.05, 0.1) is 34.4 Å². The van der Waals surface area contributed by atoms with E-state index in [1.165, 1.54) is 22.9 Å². The van der Waals surface area contributed by atoms with E-state index in [0.717, 1.165) is 11.8 Å². The lowest BCUT2D eigenvalue weighted by Gasteiger charge is -2.20. The third-order valence-electron chi connectivity index (χ3n) is 6.53. The first kappa shape index (κ1) is 29.1. The first-order chi connectivity index (χ1) is 19.7. The van der Waals surface area contributed by atoms with Crippen molar-refractivity contribution in [3.05, 3.63) is 81.0 Å². The number of aromatic nitrogens is 5. The maximum absolute atomic E-state index is 13.5. The molecule has 2 aromatic carbocycles. The van der Waals surface area contributed by atoms with Gasteiger partial charge < -0.3 is 5.32 Å². The number of aryl methyl sites for hydroxylation is 1. The second kappa shape index (κ2) is 10.8. The molecule has 0 unspecified atom stereocenters. The molecule has 5 rings (SSSR count). The Bertz CT molecular complexity index is 2060. The number of hydrogen-bond donors (Lipinski definition) is 2. The molecule has 3 aromatic heterocycles. The summed E-state index contributed by atoms with van der Waals surface area (Å²) in [6.07, 6.45) is 2.07. The number of pyridine rings is 1. The predicted octanol–water partition coefficient (Wildman–Crippen LogP) is 4.56. The Morgan fingerprint density at radius 1 is 1.10 bits per heavy atom. The quantitative estimate of drug-likeness (QED) is 0.254. The molecule has 218 valence electrons. The number of anilines is 1. The number of benzene rings is 2. The standard InChI is InChI=1S/C27H24ClF2N7O4S/c1-13-9-17(14(2)31-20-7-8-21(28)32-23(20)25(38)35-42(4,40)41)22-18(10-13)26(39)36(3)24(33-22)15-5-6-19-16(11-15)12-37(34-19)27(29)30/h5-12,14,27,31H,1-4H3,(H,35,38)/t14-/m1/s1. The number of hydrogen-bond acceptors (Lipinski definition) is 8. The Labute approximate surface area is 243 Å². The fourth-order valence-electron chi connectivity index (χ4n) is 4.68. The van der Waals surface area contributed by atoms with Crippen LogP contribution in [0.5, 0.6) is 0 Å². The van der Waals surface area contributed by atoms with Gasteiger partial charge in [0.25, 0.3) is 11.5 Å². The number of nitrogens with zero attached hydrogens (tertiary/aromatic N) is 5. The Balaban J connectivity index is 1.62. The van der Waals surface area contributed by atoms with Gasteiger partial charge in [-0.25, -0.2) is 27.8 Å².